The molecule has 8 nitrogen and oxygen atoms in total. The Hall–Kier alpha value is -3.78. The largest absolute Gasteiger partial charge is 0.462 e. The smallest absolute Gasteiger partial charge is 0.319 e. The molecule has 2 atom stereocenters. The summed E-state index contributed by atoms with van der Waals surface area (Å²) in [6.07, 6.45) is 2.18. The molecule has 4 heterocycles. The minimum Gasteiger partial charge on any atom is -0.462 e. The highest BCUT2D eigenvalue weighted by Gasteiger charge is 2.35. The second-order valence-electron chi connectivity index (χ2n) is 10.7. The molecule has 42 heavy (non-hydrogen) atoms. The van der Waals surface area contributed by atoms with Crippen LogP contribution in [-0.4, -0.2) is 84.1 Å². The van der Waals surface area contributed by atoms with Crippen LogP contribution in [0.4, 0.5) is 10.2 Å². The average Bonchev–Trinajstić information content (AvgIpc) is 3.64. The van der Waals surface area contributed by atoms with Crippen molar-refractivity contribution >= 4 is 55.7 Å². The molecule has 0 unspecified atom stereocenters. The fourth-order valence-corrected chi connectivity index (χ4v) is 7.02. The first kappa shape index (κ1) is 28.3. The van der Waals surface area contributed by atoms with Gasteiger partial charge in [0, 0.05) is 51.7 Å². The lowest BCUT2D eigenvalue weighted by molar-refractivity contribution is -0.131. The first-order valence-electron chi connectivity index (χ1n) is 13.9. The van der Waals surface area contributed by atoms with E-state index in [2.05, 4.69) is 47.0 Å². The summed E-state index contributed by atoms with van der Waals surface area (Å²) >= 11 is 8.62. The van der Waals surface area contributed by atoms with Crippen molar-refractivity contribution in [3.05, 3.63) is 70.6 Å². The van der Waals surface area contributed by atoms with E-state index in [1.165, 1.54) is 9.60 Å². The lowest BCUT2D eigenvalue weighted by Crippen LogP contribution is -2.56. The van der Waals surface area contributed by atoms with Gasteiger partial charge in [-0.05, 0) is 61.6 Å². The van der Waals surface area contributed by atoms with Gasteiger partial charge < -0.3 is 24.3 Å². The summed E-state index contributed by atoms with van der Waals surface area (Å²) in [5.74, 6) is -1.20. The molecule has 11 heteroatoms. The number of benzene rings is 2. The van der Waals surface area contributed by atoms with Gasteiger partial charge in [0.15, 0.2) is 5.83 Å². The van der Waals surface area contributed by atoms with Crippen molar-refractivity contribution in [3.63, 3.8) is 0 Å². The molecule has 0 N–H and O–H groups in total. The molecular weight excluding hydrogens is 575 g/mol. The maximum absolute atomic E-state index is 13.8. The maximum atomic E-state index is 13.8. The Morgan fingerprint density at radius 2 is 2.05 bits per heavy atom. The molecule has 2 aliphatic heterocycles. The van der Waals surface area contributed by atoms with Crippen LogP contribution in [0, 0.1) is 6.57 Å². The Morgan fingerprint density at radius 3 is 2.81 bits per heavy atom. The van der Waals surface area contributed by atoms with Crippen LogP contribution in [0.25, 0.3) is 37.0 Å². The number of thiophene rings is 1. The van der Waals surface area contributed by atoms with Gasteiger partial charge in [-0.15, -0.1) is 11.3 Å². The number of halogens is 2. The zero-order valence-corrected chi connectivity index (χ0v) is 24.8. The van der Waals surface area contributed by atoms with Gasteiger partial charge in [0.1, 0.15) is 18.5 Å². The van der Waals surface area contributed by atoms with E-state index < -0.39 is 17.8 Å². The molecule has 6 rings (SSSR count). The third-order valence-corrected chi connectivity index (χ3v) is 9.38. The molecule has 2 aromatic carbocycles. The fraction of sp³-hybridized carbons (Fsp3) is 0.355. The quantitative estimate of drug-likeness (QED) is 0.189. The fourth-order valence-electron chi connectivity index (χ4n) is 5.95. The van der Waals surface area contributed by atoms with Gasteiger partial charge in [0.2, 0.25) is 6.54 Å². The number of amides is 1. The van der Waals surface area contributed by atoms with Crippen molar-refractivity contribution < 1.29 is 13.9 Å². The second kappa shape index (κ2) is 11.8. The Balaban J connectivity index is 1.42. The number of piperazine rings is 1. The second-order valence-corrected chi connectivity index (χ2v) is 12.1. The molecule has 0 spiro atoms. The average molecular weight is 605 g/mol. The van der Waals surface area contributed by atoms with Crippen molar-refractivity contribution in [2.24, 2.45) is 0 Å². The van der Waals surface area contributed by atoms with Crippen molar-refractivity contribution in [1.82, 2.24) is 19.8 Å². The maximum Gasteiger partial charge on any atom is 0.319 e. The summed E-state index contributed by atoms with van der Waals surface area (Å²) in [6.45, 7) is 13.0. The van der Waals surface area contributed by atoms with E-state index in [1.807, 2.05) is 23.1 Å². The molecule has 2 aromatic heterocycles. The number of likely N-dealkylation sites (tertiary alicyclic amines) is 1. The van der Waals surface area contributed by atoms with Crippen LogP contribution in [0.1, 0.15) is 12.8 Å². The number of likely N-dealkylation sites (N-methyl/N-ethyl adjacent to an activating group) is 1. The lowest BCUT2D eigenvalue weighted by Gasteiger charge is -2.39. The molecule has 4 aromatic rings. The number of aromatic nitrogens is 2. The first-order valence-corrected chi connectivity index (χ1v) is 15.1. The van der Waals surface area contributed by atoms with Crippen LogP contribution in [0.5, 0.6) is 6.01 Å². The van der Waals surface area contributed by atoms with Crippen molar-refractivity contribution in [3.8, 4) is 17.1 Å². The molecule has 216 valence electrons. The van der Waals surface area contributed by atoms with Crippen LogP contribution in [0.2, 0.25) is 5.02 Å². The van der Waals surface area contributed by atoms with Gasteiger partial charge in [-0.1, -0.05) is 30.3 Å². The van der Waals surface area contributed by atoms with Crippen LogP contribution >= 0.6 is 22.9 Å². The summed E-state index contributed by atoms with van der Waals surface area (Å²) in [6, 6.07) is 12.2. The normalized spacial score (nSPS) is 19.4. The predicted molar refractivity (Wildman–Crippen MR) is 166 cm³/mol. The van der Waals surface area contributed by atoms with E-state index in [0.717, 1.165) is 41.3 Å². The molecule has 2 saturated heterocycles. The third-order valence-electron chi connectivity index (χ3n) is 8.18. The van der Waals surface area contributed by atoms with E-state index in [4.69, 9.17) is 32.9 Å². The molecule has 2 aliphatic rings. The zero-order chi connectivity index (χ0) is 29.4. The number of ether oxygens (including phenoxy) is 1. The van der Waals surface area contributed by atoms with Crippen molar-refractivity contribution in [2.45, 2.75) is 24.9 Å². The molecular formula is C31H30ClFN6O2S. The van der Waals surface area contributed by atoms with Gasteiger partial charge in [0.25, 0.3) is 5.91 Å². The van der Waals surface area contributed by atoms with Crippen molar-refractivity contribution in [1.29, 1.82) is 0 Å². The number of nitrogens with zero attached hydrogens (tertiary/aromatic N) is 6. The third kappa shape index (κ3) is 5.40. The molecule has 2 fully saturated rings. The summed E-state index contributed by atoms with van der Waals surface area (Å²) in [4.78, 5) is 31.3. The highest BCUT2D eigenvalue weighted by atomic mass is 35.5. The van der Waals surface area contributed by atoms with E-state index in [-0.39, 0.29) is 25.1 Å². The number of carbonyl (C=O) groups is 1. The summed E-state index contributed by atoms with van der Waals surface area (Å²) in [5, 5.41) is 4.49. The highest BCUT2D eigenvalue weighted by Crippen LogP contribution is 2.40. The number of fused-ring (bicyclic) bond motifs is 2. The monoisotopic (exact) mass is 604 g/mol. The van der Waals surface area contributed by atoms with Crippen LogP contribution < -0.4 is 9.64 Å². The standard InChI is InChI=1S/C31H30ClFN6O2S/c1-19(33)30(40)39-12-11-38(17-21(39)16-34-2)29-25-14-26(32)24(22-7-4-8-28-23(22)9-13-42-28)15-27(25)35-31(36-29)41-18-20-6-5-10-37(20)3/h4,7-9,13-15,20-21H,1,5-6,10-12,16-18H2,3H3/t20-,21-/m0/s1. The topological polar surface area (TPSA) is 66.2 Å². The first-order chi connectivity index (χ1) is 20.3. The molecule has 0 saturated carbocycles. The van der Waals surface area contributed by atoms with Gasteiger partial charge in [0.05, 0.1) is 5.52 Å². The van der Waals surface area contributed by atoms with Crippen molar-refractivity contribution in [2.75, 3.05) is 51.3 Å². The van der Waals surface area contributed by atoms with Gasteiger partial charge in [-0.25, -0.2) is 11.0 Å². The summed E-state index contributed by atoms with van der Waals surface area (Å²) in [7, 11) is 2.09. The Morgan fingerprint density at radius 1 is 1.19 bits per heavy atom. The van der Waals surface area contributed by atoms with Gasteiger partial charge in [-0.3, -0.25) is 4.79 Å². The summed E-state index contributed by atoms with van der Waals surface area (Å²) < 4.78 is 21.2. The van der Waals surface area contributed by atoms with Gasteiger partial charge in [-0.2, -0.15) is 9.97 Å². The van der Waals surface area contributed by atoms with Gasteiger partial charge >= 0.3 is 6.01 Å². The lowest BCUT2D eigenvalue weighted by atomic mass is 10.00. The van der Waals surface area contributed by atoms with E-state index in [9.17, 15) is 9.18 Å². The molecule has 0 radical (unpaired) electrons. The number of hydrogen-bond acceptors (Lipinski definition) is 7. The van der Waals surface area contributed by atoms with E-state index >= 15 is 0 Å². The summed E-state index contributed by atoms with van der Waals surface area (Å²) in [5.41, 5.74) is 2.56. The number of rotatable bonds is 7. The number of carbonyl (C=O) groups excluding carboxylic acids is 1. The minimum atomic E-state index is -1.03. The van der Waals surface area contributed by atoms with E-state index in [0.29, 0.717) is 36.1 Å². The minimum absolute atomic E-state index is 0.0332. The molecule has 0 aliphatic carbocycles. The van der Waals surface area contributed by atoms with Crippen LogP contribution in [-0.2, 0) is 4.79 Å². The number of hydrogen-bond donors (Lipinski definition) is 0. The van der Waals surface area contributed by atoms with Crippen LogP contribution in [0.3, 0.4) is 0 Å². The van der Waals surface area contributed by atoms with E-state index in [1.54, 1.807) is 11.3 Å². The van der Waals surface area contributed by atoms with Crippen LogP contribution in [0.15, 0.2) is 54.2 Å². The predicted octanol–water partition coefficient (Wildman–Crippen LogP) is 6.06. The molecule has 0 bridgehead atoms. The highest BCUT2D eigenvalue weighted by molar-refractivity contribution is 7.17. The zero-order valence-electron chi connectivity index (χ0n) is 23.2. The molecule has 1 amide bonds. The number of anilines is 1. The Labute approximate surface area is 252 Å². The SMILES string of the molecule is [C-]#[N+]C[C@H]1CN(c2nc(OC[C@@H]3CCCN3C)nc3cc(-c4cccc5sccc45)c(Cl)cc23)CCN1C(=O)C(=C)F. The Kier molecular flexibility index (Phi) is 7.99. The Bertz CT molecular complexity index is 1720.